The highest BCUT2D eigenvalue weighted by molar-refractivity contribution is 5.73. The third kappa shape index (κ3) is 3.75. The summed E-state index contributed by atoms with van der Waals surface area (Å²) in [6.07, 6.45) is 5.57. The van der Waals surface area contributed by atoms with Crippen molar-refractivity contribution in [3.63, 3.8) is 0 Å². The molecule has 2 aliphatic heterocycles. The fourth-order valence-corrected chi connectivity index (χ4v) is 4.02. The molecule has 2 fully saturated rings. The third-order valence-corrected chi connectivity index (χ3v) is 5.44. The number of rotatable bonds is 3. The van der Waals surface area contributed by atoms with Crippen LogP contribution in [0.4, 0.5) is 0 Å². The van der Waals surface area contributed by atoms with Gasteiger partial charge in [0.1, 0.15) is 0 Å². The van der Waals surface area contributed by atoms with Gasteiger partial charge in [0.25, 0.3) is 0 Å². The fraction of sp³-hybridized carbons (Fsp3) is 0.765. The number of aromatic nitrogens is 2. The van der Waals surface area contributed by atoms with E-state index in [9.17, 15) is 9.90 Å². The molecule has 0 spiro atoms. The summed E-state index contributed by atoms with van der Waals surface area (Å²) in [5.74, 6) is 0.590. The smallest absolute Gasteiger partial charge is 0.219 e. The normalized spacial score (nSPS) is 25.5. The van der Waals surface area contributed by atoms with Crippen LogP contribution in [0.25, 0.3) is 0 Å². The summed E-state index contributed by atoms with van der Waals surface area (Å²) < 4.78 is 0. The van der Waals surface area contributed by atoms with Crippen LogP contribution >= 0.6 is 0 Å². The predicted octanol–water partition coefficient (Wildman–Crippen LogP) is 1.27. The summed E-state index contributed by atoms with van der Waals surface area (Å²) in [4.78, 5) is 15.7. The number of H-pyrrole nitrogens is 1. The van der Waals surface area contributed by atoms with Crippen LogP contribution in [-0.4, -0.2) is 69.3 Å². The third-order valence-electron chi connectivity index (χ3n) is 5.44. The largest absolute Gasteiger partial charge is 0.388 e. The molecular formula is C17H28N4O2. The standard InChI is InChI=1S/C17H28N4O2/c1-13-10-18-19-16(13)15-4-3-7-20(11-15)12-17(23)5-8-21(9-6-17)14(2)22/h10,15,23H,3-9,11-12H2,1-2H3,(H,18,19). The summed E-state index contributed by atoms with van der Waals surface area (Å²) in [5.41, 5.74) is 1.81. The second-order valence-electron chi connectivity index (χ2n) is 7.27. The monoisotopic (exact) mass is 320 g/mol. The Bertz CT molecular complexity index is 549. The summed E-state index contributed by atoms with van der Waals surface area (Å²) in [5, 5.41) is 18.2. The van der Waals surface area contributed by atoms with E-state index in [0.717, 1.165) is 19.5 Å². The second-order valence-corrected chi connectivity index (χ2v) is 7.27. The lowest BCUT2D eigenvalue weighted by Gasteiger charge is -2.42. The van der Waals surface area contributed by atoms with Crippen molar-refractivity contribution >= 4 is 5.91 Å². The minimum absolute atomic E-state index is 0.111. The lowest BCUT2D eigenvalue weighted by Crippen LogP contribution is -2.53. The maximum atomic E-state index is 11.4. The number of carbonyl (C=O) groups excluding carboxylic acids is 1. The van der Waals surface area contributed by atoms with Crippen molar-refractivity contribution in [1.29, 1.82) is 0 Å². The fourth-order valence-electron chi connectivity index (χ4n) is 4.02. The first kappa shape index (κ1) is 16.5. The van der Waals surface area contributed by atoms with E-state index in [1.165, 1.54) is 17.7 Å². The Morgan fingerprint density at radius 1 is 1.43 bits per heavy atom. The van der Waals surface area contributed by atoms with Crippen LogP contribution in [0, 0.1) is 6.92 Å². The van der Waals surface area contributed by atoms with E-state index >= 15 is 0 Å². The first-order valence-electron chi connectivity index (χ1n) is 8.67. The lowest BCUT2D eigenvalue weighted by atomic mass is 9.88. The zero-order valence-corrected chi connectivity index (χ0v) is 14.2. The zero-order valence-electron chi connectivity index (χ0n) is 14.2. The molecule has 6 heteroatoms. The molecule has 0 saturated carbocycles. The number of amides is 1. The molecule has 3 heterocycles. The van der Waals surface area contributed by atoms with Gasteiger partial charge in [-0.25, -0.2) is 0 Å². The molecule has 1 aromatic rings. The summed E-state index contributed by atoms with van der Waals surface area (Å²) in [6, 6.07) is 0. The second kappa shape index (κ2) is 6.61. The molecule has 0 radical (unpaired) electrons. The Balaban J connectivity index is 1.57. The molecule has 1 amide bonds. The number of carbonyl (C=O) groups is 1. The molecule has 0 aromatic carbocycles. The molecule has 128 valence electrons. The van der Waals surface area contributed by atoms with Crippen LogP contribution in [0.15, 0.2) is 6.20 Å². The number of aromatic amines is 1. The van der Waals surface area contributed by atoms with E-state index in [2.05, 4.69) is 22.0 Å². The number of aryl methyl sites for hydroxylation is 1. The minimum atomic E-state index is -0.656. The van der Waals surface area contributed by atoms with Crippen LogP contribution in [0.3, 0.4) is 0 Å². The van der Waals surface area contributed by atoms with Crippen molar-refractivity contribution < 1.29 is 9.90 Å². The van der Waals surface area contributed by atoms with E-state index in [-0.39, 0.29) is 5.91 Å². The summed E-state index contributed by atoms with van der Waals surface area (Å²) >= 11 is 0. The van der Waals surface area contributed by atoms with Gasteiger partial charge in [-0.15, -0.1) is 0 Å². The van der Waals surface area contributed by atoms with Crippen LogP contribution in [-0.2, 0) is 4.79 Å². The maximum Gasteiger partial charge on any atom is 0.219 e. The minimum Gasteiger partial charge on any atom is -0.388 e. The predicted molar refractivity (Wildman–Crippen MR) is 88.2 cm³/mol. The molecule has 0 bridgehead atoms. The topological polar surface area (TPSA) is 72.5 Å². The molecule has 2 saturated heterocycles. The average Bonchev–Trinajstić information content (AvgIpc) is 2.94. The van der Waals surface area contributed by atoms with Crippen molar-refractivity contribution in [2.75, 3.05) is 32.7 Å². The lowest BCUT2D eigenvalue weighted by molar-refractivity contribution is -0.133. The molecule has 23 heavy (non-hydrogen) atoms. The van der Waals surface area contributed by atoms with Crippen molar-refractivity contribution in [1.82, 2.24) is 20.0 Å². The van der Waals surface area contributed by atoms with Gasteiger partial charge in [0.15, 0.2) is 0 Å². The molecule has 0 aliphatic carbocycles. The molecule has 6 nitrogen and oxygen atoms in total. The number of hydrogen-bond acceptors (Lipinski definition) is 4. The highest BCUT2D eigenvalue weighted by atomic mass is 16.3. The van der Waals surface area contributed by atoms with Gasteiger partial charge in [0.2, 0.25) is 5.91 Å². The number of nitrogens with one attached hydrogen (secondary N) is 1. The highest BCUT2D eigenvalue weighted by Crippen LogP contribution is 2.30. The number of aliphatic hydroxyl groups is 1. The van der Waals surface area contributed by atoms with E-state index in [0.29, 0.717) is 38.4 Å². The Morgan fingerprint density at radius 2 is 2.17 bits per heavy atom. The first-order chi connectivity index (χ1) is 11.0. The van der Waals surface area contributed by atoms with Gasteiger partial charge in [-0.05, 0) is 44.7 Å². The Morgan fingerprint density at radius 3 is 2.78 bits per heavy atom. The van der Waals surface area contributed by atoms with E-state index < -0.39 is 5.60 Å². The van der Waals surface area contributed by atoms with Crippen molar-refractivity contribution in [2.24, 2.45) is 0 Å². The number of piperidine rings is 2. The van der Waals surface area contributed by atoms with Crippen LogP contribution in [0.1, 0.15) is 49.8 Å². The van der Waals surface area contributed by atoms with E-state index in [1.807, 2.05) is 11.1 Å². The number of β-amino-alcohol motifs (C(OH)–C–C–N with tert-alkyl or cyclic N) is 1. The van der Waals surface area contributed by atoms with Gasteiger partial charge in [-0.2, -0.15) is 5.10 Å². The van der Waals surface area contributed by atoms with E-state index in [1.54, 1.807) is 6.92 Å². The van der Waals surface area contributed by atoms with Gasteiger partial charge in [0.05, 0.1) is 11.8 Å². The Kier molecular flexibility index (Phi) is 4.73. The SMILES string of the molecule is CC(=O)N1CCC(O)(CN2CCCC(c3[nH]ncc3C)C2)CC1. The van der Waals surface area contributed by atoms with Gasteiger partial charge < -0.3 is 10.0 Å². The van der Waals surface area contributed by atoms with E-state index in [4.69, 9.17) is 0 Å². The van der Waals surface area contributed by atoms with Crippen molar-refractivity contribution in [2.45, 2.75) is 51.0 Å². The summed E-state index contributed by atoms with van der Waals surface area (Å²) in [7, 11) is 0. The molecule has 1 atom stereocenters. The maximum absolute atomic E-state index is 11.4. The van der Waals surface area contributed by atoms with Crippen LogP contribution in [0.5, 0.6) is 0 Å². The molecule has 3 rings (SSSR count). The molecule has 2 aliphatic rings. The molecule has 1 unspecified atom stereocenters. The van der Waals surface area contributed by atoms with Crippen molar-refractivity contribution in [3.8, 4) is 0 Å². The first-order valence-corrected chi connectivity index (χ1v) is 8.67. The molecule has 1 aromatic heterocycles. The van der Waals surface area contributed by atoms with Gasteiger partial charge in [0, 0.05) is 44.7 Å². The zero-order chi connectivity index (χ0) is 16.4. The van der Waals surface area contributed by atoms with Crippen LogP contribution < -0.4 is 0 Å². The van der Waals surface area contributed by atoms with Crippen molar-refractivity contribution in [3.05, 3.63) is 17.5 Å². The van der Waals surface area contributed by atoms with Gasteiger partial charge >= 0.3 is 0 Å². The quantitative estimate of drug-likeness (QED) is 0.880. The molecular weight excluding hydrogens is 292 g/mol. The number of hydrogen-bond donors (Lipinski definition) is 2. The summed E-state index contributed by atoms with van der Waals surface area (Å²) in [6.45, 7) is 7.77. The van der Waals surface area contributed by atoms with Gasteiger partial charge in [-0.1, -0.05) is 0 Å². The van der Waals surface area contributed by atoms with Crippen LogP contribution in [0.2, 0.25) is 0 Å². The van der Waals surface area contributed by atoms with Gasteiger partial charge in [-0.3, -0.25) is 14.8 Å². The average molecular weight is 320 g/mol. The Labute approximate surface area is 137 Å². The number of likely N-dealkylation sites (tertiary alicyclic amines) is 2. The Hall–Kier alpha value is -1.40. The highest BCUT2D eigenvalue weighted by Gasteiger charge is 2.36. The molecule has 2 N–H and O–H groups in total. The number of nitrogens with zero attached hydrogens (tertiary/aromatic N) is 3.